The van der Waals surface area contributed by atoms with Crippen LogP contribution in [0.3, 0.4) is 0 Å². The number of rotatable bonds is 17. The van der Waals surface area contributed by atoms with Gasteiger partial charge in [0.25, 0.3) is 21.2 Å². The minimum absolute atomic E-state index is 0.0314. The van der Waals surface area contributed by atoms with E-state index in [0.717, 1.165) is 84.7 Å². The number of imidazole rings is 2. The summed E-state index contributed by atoms with van der Waals surface area (Å²) in [5, 5.41) is 27.5. The van der Waals surface area contributed by atoms with Crippen LogP contribution in [0.4, 0.5) is 49.6 Å². The monoisotopic (exact) mass is 1250 g/mol. The largest absolute Gasteiger partial charge is 0.573 e. The molecule has 0 aliphatic heterocycles. The SMILES string of the molecule is CS(=O)(=O)OCCC1(O)CCCC1.Cn1c(=O)[nH]c(=O)c2c1nc(Nc1cccc(OC(F)(F)F)c1)n2Cc1ccc(Cl)cc1.Cn1c(=O)n(CCC2(O)CCCC2)c(=O)c2c1nc(Nc1cccc(OC(F)(F)F)c1)n2Cc1ccc(Cl)cc1. The molecule has 0 bridgehead atoms. The molecule has 21 nitrogen and oxygen atoms in total. The molecule has 0 saturated heterocycles. The lowest BCUT2D eigenvalue weighted by Crippen LogP contribution is -2.41. The molecule has 2 fully saturated rings. The Labute approximate surface area is 490 Å². The Morgan fingerprint density at radius 1 is 0.635 bits per heavy atom. The number of anilines is 4. The van der Waals surface area contributed by atoms with E-state index < -0.39 is 68.0 Å². The van der Waals surface area contributed by atoms with Gasteiger partial charge >= 0.3 is 24.1 Å². The van der Waals surface area contributed by atoms with E-state index in [2.05, 4.69) is 39.2 Å². The average Bonchev–Trinajstić information content (AvgIpc) is 1.75. The third-order valence-corrected chi connectivity index (χ3v) is 15.2. The lowest BCUT2D eigenvalue weighted by Gasteiger charge is -2.22. The van der Waals surface area contributed by atoms with E-state index in [1.165, 1.54) is 52.1 Å². The van der Waals surface area contributed by atoms with Crippen molar-refractivity contribution in [2.45, 2.75) is 108 Å². The first kappa shape index (κ1) is 63.4. The van der Waals surface area contributed by atoms with Crippen molar-refractivity contribution < 1.29 is 58.6 Å². The first-order chi connectivity index (χ1) is 39.9. The summed E-state index contributed by atoms with van der Waals surface area (Å²) in [4.78, 5) is 62.6. The molecule has 456 valence electrons. The van der Waals surface area contributed by atoms with Crippen molar-refractivity contribution in [1.82, 2.24) is 37.8 Å². The number of aromatic amines is 1. The lowest BCUT2D eigenvalue weighted by atomic mass is 9.98. The molecule has 4 heterocycles. The van der Waals surface area contributed by atoms with Gasteiger partial charge in [-0.25, -0.2) is 9.59 Å². The van der Waals surface area contributed by atoms with Crippen molar-refractivity contribution in [2.24, 2.45) is 14.1 Å². The zero-order valence-corrected chi connectivity index (χ0v) is 48.1. The van der Waals surface area contributed by atoms with E-state index in [-0.39, 0.29) is 78.3 Å². The molecule has 0 spiro atoms. The number of aliphatic hydroxyl groups is 2. The fourth-order valence-electron chi connectivity index (χ4n) is 9.92. The van der Waals surface area contributed by atoms with Crippen LogP contribution in [-0.2, 0) is 48.0 Å². The Kier molecular flexibility index (Phi) is 19.3. The number of aromatic nitrogens is 8. The molecule has 0 amide bonds. The predicted octanol–water partition coefficient (Wildman–Crippen LogP) is 9.36. The number of fused-ring (bicyclic) bond motifs is 2. The fraction of sp³-hybridized carbons (Fsp3) is 0.382. The van der Waals surface area contributed by atoms with E-state index in [4.69, 9.17) is 23.2 Å². The van der Waals surface area contributed by atoms with Gasteiger partial charge in [0.05, 0.1) is 37.2 Å². The fourth-order valence-corrected chi connectivity index (χ4v) is 10.6. The maximum Gasteiger partial charge on any atom is 0.573 e. The van der Waals surface area contributed by atoms with Crippen molar-refractivity contribution in [3.63, 3.8) is 0 Å². The highest BCUT2D eigenvalue weighted by Gasteiger charge is 2.34. The van der Waals surface area contributed by atoms with Gasteiger partial charge in [-0.15, -0.1) is 26.3 Å². The molecule has 4 aromatic carbocycles. The molecule has 0 unspecified atom stereocenters. The van der Waals surface area contributed by atoms with Gasteiger partial charge in [-0.05, 0) is 91.8 Å². The molecule has 0 radical (unpaired) electrons. The maximum absolute atomic E-state index is 13.8. The van der Waals surface area contributed by atoms with Crippen LogP contribution in [0.25, 0.3) is 22.3 Å². The Bertz CT molecular complexity index is 4040. The molecular formula is C55H58Cl2F6N10O11S. The van der Waals surface area contributed by atoms with E-state index in [0.29, 0.717) is 29.3 Å². The topological polar surface area (TPSA) is 261 Å². The van der Waals surface area contributed by atoms with Crippen molar-refractivity contribution in [1.29, 1.82) is 0 Å². The number of nitrogens with one attached hydrogen (secondary N) is 3. The smallest absolute Gasteiger partial charge is 0.406 e. The number of ether oxygens (including phenoxy) is 2. The molecule has 30 heteroatoms. The number of H-pyrrole nitrogens is 1. The van der Waals surface area contributed by atoms with Crippen LogP contribution in [0.1, 0.15) is 75.3 Å². The molecule has 5 N–H and O–H groups in total. The van der Waals surface area contributed by atoms with Gasteiger partial charge in [0.1, 0.15) is 11.5 Å². The third-order valence-electron chi connectivity index (χ3n) is 14.1. The van der Waals surface area contributed by atoms with E-state index >= 15 is 0 Å². The Hall–Kier alpha value is -7.63. The summed E-state index contributed by atoms with van der Waals surface area (Å²) < 4.78 is 116. The van der Waals surface area contributed by atoms with Gasteiger partial charge in [-0.2, -0.15) is 18.4 Å². The zero-order valence-electron chi connectivity index (χ0n) is 45.8. The summed E-state index contributed by atoms with van der Waals surface area (Å²) in [5.74, 6) is -0.579. The highest BCUT2D eigenvalue weighted by Crippen LogP contribution is 2.35. The molecule has 2 aliphatic rings. The van der Waals surface area contributed by atoms with Crippen molar-refractivity contribution in [3.05, 3.63) is 160 Å². The van der Waals surface area contributed by atoms with E-state index in [1.807, 2.05) is 0 Å². The van der Waals surface area contributed by atoms with Crippen LogP contribution >= 0.6 is 23.2 Å². The Morgan fingerprint density at radius 3 is 1.52 bits per heavy atom. The van der Waals surface area contributed by atoms with Crippen molar-refractivity contribution in [2.75, 3.05) is 23.5 Å². The summed E-state index contributed by atoms with van der Waals surface area (Å²) in [6.45, 7) is 0.446. The van der Waals surface area contributed by atoms with Crippen LogP contribution in [-0.4, -0.2) is 93.2 Å². The summed E-state index contributed by atoms with van der Waals surface area (Å²) >= 11 is 12.0. The molecule has 0 atom stereocenters. The minimum atomic E-state index is -4.87. The van der Waals surface area contributed by atoms with Crippen LogP contribution in [0.15, 0.2) is 116 Å². The first-order valence-electron chi connectivity index (χ1n) is 26.4. The van der Waals surface area contributed by atoms with Crippen LogP contribution in [0, 0.1) is 0 Å². The number of hydrogen-bond acceptors (Lipinski definition) is 15. The molecule has 2 saturated carbocycles. The van der Waals surface area contributed by atoms with Gasteiger partial charge in [0.2, 0.25) is 11.9 Å². The number of aryl methyl sites for hydroxylation is 2. The van der Waals surface area contributed by atoms with Gasteiger partial charge in [0.15, 0.2) is 22.3 Å². The third kappa shape index (κ3) is 16.8. The molecular weight excluding hydrogens is 1190 g/mol. The summed E-state index contributed by atoms with van der Waals surface area (Å²) in [6.07, 6.45) is -1.43. The molecule has 8 aromatic rings. The molecule has 4 aromatic heterocycles. The van der Waals surface area contributed by atoms with Crippen LogP contribution in [0.5, 0.6) is 11.5 Å². The maximum atomic E-state index is 13.8. The number of halogens is 8. The number of hydrogen-bond donors (Lipinski definition) is 5. The quantitative estimate of drug-likeness (QED) is 0.0420. The minimum Gasteiger partial charge on any atom is -0.406 e. The van der Waals surface area contributed by atoms with Crippen LogP contribution < -0.4 is 42.6 Å². The molecule has 85 heavy (non-hydrogen) atoms. The highest BCUT2D eigenvalue weighted by atomic mass is 35.5. The number of nitrogens with zero attached hydrogens (tertiary/aromatic N) is 7. The average molecular weight is 1250 g/mol. The normalized spacial score (nSPS) is 14.8. The second-order valence-electron chi connectivity index (χ2n) is 20.5. The number of alkyl halides is 6. The van der Waals surface area contributed by atoms with E-state index in [9.17, 15) is 64.2 Å². The summed E-state index contributed by atoms with van der Waals surface area (Å²) in [7, 11) is -0.415. The zero-order chi connectivity index (χ0) is 61.6. The van der Waals surface area contributed by atoms with Gasteiger partial charge in [0, 0.05) is 60.6 Å². The molecule has 2 aliphatic carbocycles. The van der Waals surface area contributed by atoms with Crippen molar-refractivity contribution >= 4 is 78.9 Å². The Morgan fingerprint density at radius 2 is 1.07 bits per heavy atom. The predicted molar refractivity (Wildman–Crippen MR) is 306 cm³/mol. The van der Waals surface area contributed by atoms with Gasteiger partial charge in [-0.1, -0.05) is 85.3 Å². The standard InChI is InChI=1S/C27H27ClF3N5O4.C20H15ClF3N5O3.C8H16O4S/c1-34-22-21(23(37)35(25(34)38)14-13-26(39)11-2-3-12-26)36(16-17-7-9-18(28)10-8-17)24(33-22)32-19-5-4-6-20(15-19)40-27(29,30)31;1-28-16-15(17(30)27-19(28)31)29(10-11-5-7-12(21)8-6-11)18(26-16)25-13-3-2-4-14(9-13)32-20(22,23)24;1-13(10,11)12-7-6-8(9)4-2-3-5-8/h4-10,15,39H,2-3,11-14,16H2,1H3,(H,32,33);2-9H,10H2,1H3,(H,25,26)(H,27,30,31);9H,2-7H2,1H3. The summed E-state index contributed by atoms with van der Waals surface area (Å²) in [6, 6.07) is 24.2. The van der Waals surface area contributed by atoms with Crippen LogP contribution in [0.2, 0.25) is 10.0 Å². The van der Waals surface area contributed by atoms with Gasteiger partial charge < -0.3 is 30.3 Å². The Balaban J connectivity index is 0.000000186. The highest BCUT2D eigenvalue weighted by molar-refractivity contribution is 7.85. The lowest BCUT2D eigenvalue weighted by molar-refractivity contribution is -0.275. The first-order valence-corrected chi connectivity index (χ1v) is 28.9. The van der Waals surface area contributed by atoms with E-state index in [1.54, 1.807) is 53.1 Å². The second-order valence-corrected chi connectivity index (χ2v) is 23.1. The second kappa shape index (κ2) is 25.9. The molecule has 10 rings (SSSR count). The van der Waals surface area contributed by atoms with Crippen molar-refractivity contribution in [3.8, 4) is 11.5 Å². The van der Waals surface area contributed by atoms with Gasteiger partial charge in [-0.3, -0.25) is 41.6 Å². The summed E-state index contributed by atoms with van der Waals surface area (Å²) in [5.41, 5.74) is -1.59. The number of benzene rings is 4.